The van der Waals surface area contributed by atoms with Crippen molar-refractivity contribution in [1.82, 2.24) is 0 Å². The van der Waals surface area contributed by atoms with Gasteiger partial charge in [0, 0.05) is 10.8 Å². The third-order valence-corrected chi connectivity index (χ3v) is 7.61. The van der Waals surface area contributed by atoms with E-state index in [-0.39, 0.29) is 73.0 Å². The van der Waals surface area contributed by atoms with Crippen molar-refractivity contribution < 1.29 is 9.52 Å². The van der Waals surface area contributed by atoms with Gasteiger partial charge in [-0.2, -0.15) is 0 Å². The quantitative estimate of drug-likeness (QED) is 0.202. The fourth-order valence-corrected chi connectivity index (χ4v) is 5.27. The minimum absolute atomic E-state index is 0.000149. The third kappa shape index (κ3) is 4.85. The molecule has 10 heteroatoms. The summed E-state index contributed by atoms with van der Waals surface area (Å²) < 4.78 is 6.11. The van der Waals surface area contributed by atoms with Crippen molar-refractivity contribution in [3.05, 3.63) is 90.0 Å². The summed E-state index contributed by atoms with van der Waals surface area (Å²) in [6.07, 6.45) is 0. The van der Waals surface area contributed by atoms with Crippen LogP contribution in [0.1, 0.15) is 11.1 Å². The van der Waals surface area contributed by atoms with Crippen LogP contribution in [0.25, 0.3) is 44.2 Å². The molecule has 0 spiro atoms. The van der Waals surface area contributed by atoms with Gasteiger partial charge >= 0.3 is 0 Å². The van der Waals surface area contributed by atoms with Crippen LogP contribution >= 0.6 is 0 Å². The van der Waals surface area contributed by atoms with Crippen LogP contribution in [-0.4, -0.2) is 64.7 Å². The summed E-state index contributed by atoms with van der Waals surface area (Å²) in [4.78, 5) is 8.82. The molecule has 6 rings (SSSR count). The number of nitrogens with zero attached hydrogens (tertiary/aromatic N) is 2. The van der Waals surface area contributed by atoms with E-state index in [0.29, 0.717) is 5.39 Å². The Bertz CT molecular complexity index is 2090. The highest BCUT2D eigenvalue weighted by Gasteiger charge is 2.24. The lowest BCUT2D eigenvalue weighted by atomic mass is 9.67. The fraction of sp³-hybridized carbons (Fsp3) is 0.0303. The van der Waals surface area contributed by atoms with Gasteiger partial charge in [-0.1, -0.05) is 94.6 Å². The number of furan rings is 1. The molecule has 4 nitrogen and oxygen atoms in total. The first-order chi connectivity index (χ1) is 20.7. The van der Waals surface area contributed by atoms with Gasteiger partial charge in [-0.3, -0.25) is 4.99 Å². The summed E-state index contributed by atoms with van der Waals surface area (Å²) in [5, 5.41) is 11.0. The molecule has 0 fully saturated rings. The minimum Gasteiger partial charge on any atom is -0.509 e. The zero-order chi connectivity index (χ0) is 30.4. The fourth-order valence-electron chi connectivity index (χ4n) is 5.27. The van der Waals surface area contributed by atoms with E-state index in [2.05, 4.69) is 53.1 Å². The number of fused-ring (bicyclic) bond motifs is 3. The van der Waals surface area contributed by atoms with E-state index < -0.39 is 0 Å². The van der Waals surface area contributed by atoms with Gasteiger partial charge in [-0.05, 0) is 46.1 Å². The maximum atomic E-state index is 10.5. The van der Waals surface area contributed by atoms with Crippen molar-refractivity contribution in [3.8, 4) is 28.0 Å². The molecule has 43 heavy (non-hydrogen) atoms. The first-order valence-corrected chi connectivity index (χ1v) is 13.4. The van der Waals surface area contributed by atoms with Crippen LogP contribution in [0.15, 0.2) is 93.3 Å². The standard InChI is InChI=1S/C33H18B6N2O2/c1-40-33(23-25(35)27(37)24(34)21-22-26(36)30(42)28(38)29(39)32(22)43-31(21)23)41-15-16-10-12-18(13-11-16)20-9-5-8-19(14-20)17-6-3-2-4-7-17/h2-14,42H,1,15H2. The van der Waals surface area contributed by atoms with Gasteiger partial charge in [0.1, 0.15) is 64.0 Å². The second-order valence-corrected chi connectivity index (χ2v) is 10.2. The van der Waals surface area contributed by atoms with Gasteiger partial charge in [-0.25, -0.2) is 4.99 Å². The van der Waals surface area contributed by atoms with Gasteiger partial charge in [0.15, 0.2) is 5.84 Å². The van der Waals surface area contributed by atoms with Crippen LogP contribution < -0.4 is 32.8 Å². The van der Waals surface area contributed by atoms with E-state index in [1.165, 1.54) is 0 Å². The summed E-state index contributed by atoms with van der Waals surface area (Å²) in [7, 11) is 37.4. The molecule has 0 atom stereocenters. The molecular weight excluding hydrogens is 521 g/mol. The number of phenolic OH excluding ortho intramolecular Hbond substituents is 1. The largest absolute Gasteiger partial charge is 0.509 e. The van der Waals surface area contributed by atoms with Crippen molar-refractivity contribution in [2.75, 3.05) is 0 Å². The van der Waals surface area contributed by atoms with Crippen LogP contribution in [-0.2, 0) is 6.54 Å². The molecule has 1 heterocycles. The van der Waals surface area contributed by atoms with Crippen molar-refractivity contribution in [2.45, 2.75) is 6.54 Å². The third-order valence-electron chi connectivity index (χ3n) is 7.61. The zero-order valence-corrected chi connectivity index (χ0v) is 23.1. The number of rotatable bonds is 5. The Balaban J connectivity index is 1.38. The van der Waals surface area contributed by atoms with Gasteiger partial charge < -0.3 is 9.52 Å². The Morgan fingerprint density at radius 2 is 1.23 bits per heavy atom. The van der Waals surface area contributed by atoms with Gasteiger partial charge in [0.2, 0.25) is 0 Å². The monoisotopic (exact) mass is 540 g/mol. The summed E-state index contributed by atoms with van der Waals surface area (Å²) in [5.74, 6) is -0.197. The number of hydrogen-bond donors (Lipinski definition) is 1. The number of phenols is 1. The lowest BCUT2D eigenvalue weighted by Crippen LogP contribution is -2.42. The predicted octanol–water partition coefficient (Wildman–Crippen LogP) is 1.04. The van der Waals surface area contributed by atoms with Crippen LogP contribution in [0.2, 0.25) is 0 Å². The zero-order valence-electron chi connectivity index (χ0n) is 23.1. The number of amidine groups is 1. The number of benzene rings is 5. The van der Waals surface area contributed by atoms with Crippen LogP contribution in [0.5, 0.6) is 5.75 Å². The second-order valence-electron chi connectivity index (χ2n) is 10.2. The molecule has 0 saturated heterocycles. The lowest BCUT2D eigenvalue weighted by Gasteiger charge is -2.15. The number of aromatic hydroxyl groups is 1. The molecule has 5 aromatic carbocycles. The first-order valence-electron chi connectivity index (χ1n) is 13.4. The topological polar surface area (TPSA) is 58.1 Å². The molecule has 1 aromatic heterocycles. The molecule has 6 aromatic rings. The van der Waals surface area contributed by atoms with E-state index in [9.17, 15) is 5.11 Å². The number of hydrogen-bond acceptors (Lipinski definition) is 3. The maximum absolute atomic E-state index is 10.5. The molecular formula is C33H18B6N2O2. The molecule has 12 radical (unpaired) electrons. The van der Waals surface area contributed by atoms with Gasteiger partial charge in [-0.15, -0.1) is 5.46 Å². The Morgan fingerprint density at radius 1 is 0.628 bits per heavy atom. The molecule has 190 valence electrons. The molecule has 0 bridgehead atoms. The smallest absolute Gasteiger partial charge is 0.157 e. The van der Waals surface area contributed by atoms with Crippen LogP contribution in [0, 0.1) is 0 Å². The number of aliphatic imine (C=N–C) groups is 2. The van der Waals surface area contributed by atoms with Crippen molar-refractivity contribution in [1.29, 1.82) is 0 Å². The Hall–Kier alpha value is -4.57. The highest BCUT2D eigenvalue weighted by atomic mass is 16.3. The van der Waals surface area contributed by atoms with E-state index in [1.54, 1.807) is 0 Å². The Morgan fingerprint density at radius 3 is 1.88 bits per heavy atom. The average molecular weight is 539 g/mol. The Labute approximate surface area is 257 Å². The van der Waals surface area contributed by atoms with E-state index in [1.807, 2.05) is 42.5 Å². The normalized spacial score (nSPS) is 11.8. The Kier molecular flexibility index (Phi) is 7.47. The molecule has 0 amide bonds. The molecule has 0 unspecified atom stereocenters. The molecule has 0 aliphatic rings. The average Bonchev–Trinajstić information content (AvgIpc) is 3.44. The van der Waals surface area contributed by atoms with Gasteiger partial charge in [0.25, 0.3) is 0 Å². The van der Waals surface area contributed by atoms with Crippen molar-refractivity contribution in [2.24, 2.45) is 9.98 Å². The van der Waals surface area contributed by atoms with Crippen molar-refractivity contribution in [3.63, 3.8) is 0 Å². The second kappa shape index (κ2) is 11.3. The van der Waals surface area contributed by atoms with E-state index >= 15 is 0 Å². The molecule has 0 aliphatic heterocycles. The molecule has 0 aliphatic carbocycles. The van der Waals surface area contributed by atoms with Crippen LogP contribution in [0.4, 0.5) is 0 Å². The molecule has 0 saturated carbocycles. The summed E-state index contributed by atoms with van der Waals surface area (Å²) in [5.41, 5.74) is 6.15. The molecule has 1 N–H and O–H groups in total. The lowest BCUT2D eigenvalue weighted by molar-refractivity contribution is 0.484. The minimum atomic E-state index is -0.380. The van der Waals surface area contributed by atoms with Crippen LogP contribution in [0.3, 0.4) is 0 Å². The summed E-state index contributed by atoms with van der Waals surface area (Å²) in [6.45, 7) is 3.96. The first kappa shape index (κ1) is 28.5. The summed E-state index contributed by atoms with van der Waals surface area (Å²) in [6, 6.07) is 26.7. The highest BCUT2D eigenvalue weighted by Crippen LogP contribution is 2.29. The maximum Gasteiger partial charge on any atom is 0.157 e. The van der Waals surface area contributed by atoms with E-state index in [4.69, 9.17) is 51.5 Å². The van der Waals surface area contributed by atoms with Gasteiger partial charge in [0.05, 0.1) is 12.1 Å². The van der Waals surface area contributed by atoms with E-state index in [0.717, 1.165) is 27.8 Å². The highest BCUT2D eigenvalue weighted by molar-refractivity contribution is 6.65. The summed E-state index contributed by atoms with van der Waals surface area (Å²) >= 11 is 0. The predicted molar refractivity (Wildman–Crippen MR) is 185 cm³/mol. The van der Waals surface area contributed by atoms with Crippen molar-refractivity contribution >= 4 is 114 Å². The SMILES string of the molecule is [B]c1c(O)c([B])c2c(oc3c(C(N=C)=NCc4ccc(-c5cccc(-c6ccccc6)c5)cc4)c([B])c([B])c([B])c32)c1[B].